The fourth-order valence-electron chi connectivity index (χ4n) is 4.54. The van der Waals surface area contributed by atoms with Gasteiger partial charge in [-0.25, -0.2) is 14.1 Å². The molecular weight excluding hydrogens is 627 g/mol. The number of rotatable bonds is 6. The van der Waals surface area contributed by atoms with E-state index in [2.05, 4.69) is 21.2 Å². The molecule has 1 heterocycles. The van der Waals surface area contributed by atoms with Crippen LogP contribution in [-0.2, 0) is 19.9 Å². The maximum atomic E-state index is 14.3. The molecular formula is C32H39BrClFN2O5. The second kappa shape index (κ2) is 13.6. The highest BCUT2D eigenvalue weighted by atomic mass is 79.9. The molecule has 1 N–H and O–H groups in total. The van der Waals surface area contributed by atoms with E-state index < -0.39 is 17.8 Å². The normalized spacial score (nSPS) is 16.5. The molecule has 1 aliphatic heterocycles. The van der Waals surface area contributed by atoms with Crippen molar-refractivity contribution in [2.45, 2.75) is 90.6 Å². The predicted octanol–water partition coefficient (Wildman–Crippen LogP) is 8.43. The molecule has 2 fully saturated rings. The van der Waals surface area contributed by atoms with E-state index in [4.69, 9.17) is 21.1 Å². The molecule has 0 spiro atoms. The summed E-state index contributed by atoms with van der Waals surface area (Å²) in [5, 5.41) is 3.20. The summed E-state index contributed by atoms with van der Waals surface area (Å²) < 4.78 is 25.1. The summed E-state index contributed by atoms with van der Waals surface area (Å²) in [4.78, 5) is 37.0. The molecule has 2 aromatic carbocycles. The van der Waals surface area contributed by atoms with Gasteiger partial charge in [0.15, 0.2) is 5.76 Å². The van der Waals surface area contributed by atoms with Crippen molar-refractivity contribution in [2.75, 3.05) is 4.90 Å². The number of carbonyl (C=O) groups excluding carboxylic acids is 3. The lowest BCUT2D eigenvalue weighted by atomic mass is 9.89. The number of allylic oxidation sites excluding steroid dienone is 1. The predicted molar refractivity (Wildman–Crippen MR) is 166 cm³/mol. The summed E-state index contributed by atoms with van der Waals surface area (Å²) in [5.74, 6) is -1.30. The van der Waals surface area contributed by atoms with Crippen molar-refractivity contribution in [3.8, 4) is 5.75 Å². The maximum Gasteiger partial charge on any atom is 0.427 e. The zero-order valence-electron chi connectivity index (χ0n) is 25.1. The molecule has 1 saturated carbocycles. The van der Waals surface area contributed by atoms with Gasteiger partial charge in [-0.1, -0.05) is 78.6 Å². The van der Waals surface area contributed by atoms with Gasteiger partial charge in [-0.05, 0) is 76.0 Å². The van der Waals surface area contributed by atoms with Crippen LogP contribution in [0.4, 0.5) is 14.9 Å². The van der Waals surface area contributed by atoms with Gasteiger partial charge in [-0.15, -0.1) is 0 Å². The van der Waals surface area contributed by atoms with Crippen molar-refractivity contribution in [1.82, 2.24) is 5.32 Å². The van der Waals surface area contributed by atoms with E-state index in [1.807, 2.05) is 65.0 Å². The number of hydrogen-bond donors (Lipinski definition) is 1. The zero-order chi connectivity index (χ0) is 31.4. The van der Waals surface area contributed by atoms with Crippen LogP contribution >= 0.6 is 27.5 Å². The first-order chi connectivity index (χ1) is 19.5. The Bertz CT molecular complexity index is 1350. The Morgan fingerprint density at radius 3 is 2.21 bits per heavy atom. The Morgan fingerprint density at radius 1 is 1.10 bits per heavy atom. The van der Waals surface area contributed by atoms with Crippen LogP contribution < -0.4 is 15.0 Å². The highest BCUT2D eigenvalue weighted by Crippen LogP contribution is 2.37. The smallest absolute Gasteiger partial charge is 0.427 e. The quantitative estimate of drug-likeness (QED) is 0.247. The van der Waals surface area contributed by atoms with E-state index in [0.29, 0.717) is 10.5 Å². The van der Waals surface area contributed by atoms with Crippen molar-refractivity contribution in [3.05, 3.63) is 70.2 Å². The largest absolute Gasteiger partial charge is 0.489 e. The molecule has 3 amide bonds. The average Bonchev–Trinajstić information content (AvgIpc) is 3.52. The molecule has 1 unspecified atom stereocenters. The zero-order valence-corrected chi connectivity index (χ0v) is 27.5. The third-order valence-electron chi connectivity index (χ3n) is 6.98. The number of amides is 3. The first-order valence-corrected chi connectivity index (χ1v) is 15.2. The monoisotopic (exact) mass is 664 g/mol. The minimum absolute atomic E-state index is 0.00962. The first kappa shape index (κ1) is 33.6. The number of ether oxygens (including phenoxy) is 2. The number of imide groups is 1. The first-order valence-electron chi connectivity index (χ1n) is 13.9. The average molecular weight is 666 g/mol. The molecule has 2 aromatic rings. The molecule has 228 valence electrons. The number of halogens is 3. The minimum atomic E-state index is -0.941. The van der Waals surface area contributed by atoms with Crippen LogP contribution in [0.3, 0.4) is 0 Å². The number of anilines is 1. The Hall–Kier alpha value is -2.91. The van der Waals surface area contributed by atoms with Crippen LogP contribution in [0.25, 0.3) is 0 Å². The minimum Gasteiger partial charge on any atom is -0.489 e. The molecule has 2 aliphatic rings. The number of benzene rings is 2. The van der Waals surface area contributed by atoms with Gasteiger partial charge in [0, 0.05) is 6.07 Å². The topological polar surface area (TPSA) is 84.9 Å². The second-order valence-corrected chi connectivity index (χ2v) is 13.6. The van der Waals surface area contributed by atoms with Gasteiger partial charge in [-0.2, -0.15) is 0 Å². The van der Waals surface area contributed by atoms with E-state index in [1.54, 1.807) is 13.8 Å². The van der Waals surface area contributed by atoms with Crippen LogP contribution in [0.15, 0.2) is 53.8 Å². The van der Waals surface area contributed by atoms with Gasteiger partial charge in [0.25, 0.3) is 0 Å². The van der Waals surface area contributed by atoms with Crippen LogP contribution in [0.2, 0.25) is 5.02 Å². The summed E-state index contributed by atoms with van der Waals surface area (Å²) in [6.07, 6.45) is 3.00. The molecule has 10 heteroatoms. The van der Waals surface area contributed by atoms with Crippen molar-refractivity contribution in [1.29, 1.82) is 0 Å². The number of alkyl halides is 1. The Labute approximate surface area is 260 Å². The SMILES string of the molecule is CC(C)(NC(=O)C(Br)C(C)(C)C)c1ccccc1.CC(C)=C1OC(=O)N(c2cc(OC3CCCC3)c(Cl)cc2F)C1=O. The van der Waals surface area contributed by atoms with Crippen LogP contribution in [0.1, 0.15) is 79.7 Å². The van der Waals surface area contributed by atoms with E-state index in [0.717, 1.165) is 37.3 Å². The Kier molecular flexibility index (Phi) is 10.9. The molecule has 42 heavy (non-hydrogen) atoms. The fraction of sp³-hybridized carbons (Fsp3) is 0.469. The van der Waals surface area contributed by atoms with Crippen molar-refractivity contribution in [3.63, 3.8) is 0 Å². The third kappa shape index (κ3) is 8.13. The van der Waals surface area contributed by atoms with Crippen molar-refractivity contribution in [2.24, 2.45) is 5.41 Å². The van der Waals surface area contributed by atoms with E-state index in [9.17, 15) is 18.8 Å². The molecule has 0 radical (unpaired) electrons. The molecule has 0 aromatic heterocycles. The third-order valence-corrected chi connectivity index (χ3v) is 9.07. The fourth-order valence-corrected chi connectivity index (χ4v) is 4.85. The van der Waals surface area contributed by atoms with E-state index in [1.165, 1.54) is 6.07 Å². The highest BCUT2D eigenvalue weighted by Gasteiger charge is 2.40. The van der Waals surface area contributed by atoms with Crippen molar-refractivity contribution >= 4 is 51.1 Å². The molecule has 1 aliphatic carbocycles. The van der Waals surface area contributed by atoms with Crippen LogP contribution in [0.5, 0.6) is 5.75 Å². The Morgan fingerprint density at radius 2 is 1.69 bits per heavy atom. The molecule has 4 rings (SSSR count). The van der Waals surface area contributed by atoms with E-state index >= 15 is 0 Å². The summed E-state index contributed by atoms with van der Waals surface area (Å²) in [7, 11) is 0. The van der Waals surface area contributed by atoms with Gasteiger partial charge < -0.3 is 14.8 Å². The maximum absolute atomic E-state index is 14.3. The molecule has 1 atom stereocenters. The summed E-state index contributed by atoms with van der Waals surface area (Å²) in [5.41, 5.74) is 0.949. The van der Waals surface area contributed by atoms with Gasteiger partial charge >= 0.3 is 12.0 Å². The number of cyclic esters (lactones) is 1. The summed E-state index contributed by atoms with van der Waals surface area (Å²) in [6.45, 7) is 13.4. The van der Waals surface area contributed by atoms with Crippen molar-refractivity contribution < 1.29 is 28.2 Å². The van der Waals surface area contributed by atoms with Gasteiger partial charge in [0.2, 0.25) is 5.91 Å². The van der Waals surface area contributed by atoms with Crippen LogP contribution in [-0.4, -0.2) is 28.8 Å². The number of carbonyl (C=O) groups is 3. The summed E-state index contributed by atoms with van der Waals surface area (Å²) in [6, 6.07) is 12.3. The van der Waals surface area contributed by atoms with Gasteiger partial charge in [0.05, 0.1) is 27.2 Å². The lowest BCUT2D eigenvalue weighted by molar-refractivity contribution is -0.123. The lowest BCUT2D eigenvalue weighted by Gasteiger charge is -2.31. The summed E-state index contributed by atoms with van der Waals surface area (Å²) >= 11 is 9.52. The highest BCUT2D eigenvalue weighted by molar-refractivity contribution is 9.10. The Balaban J connectivity index is 0.000000241. The van der Waals surface area contributed by atoms with Crippen LogP contribution in [0, 0.1) is 11.2 Å². The second-order valence-electron chi connectivity index (χ2n) is 12.3. The number of hydrogen-bond acceptors (Lipinski definition) is 5. The van der Waals surface area contributed by atoms with Gasteiger partial charge in [-0.3, -0.25) is 9.59 Å². The number of nitrogens with one attached hydrogen (secondary N) is 1. The number of nitrogens with zero attached hydrogens (tertiary/aromatic N) is 1. The standard InChI is InChI=1S/C17H17ClFNO4.C15H22BrNO/c1-9(2)15-16(21)20(17(22)24-15)13-8-14(11(18)7-12(13)19)23-10-5-3-4-6-10;1-14(2,3)12(16)13(18)17-15(4,5)11-9-7-6-8-10-11/h7-8,10H,3-6H2,1-2H3;6-10,12H,1-5H3,(H,17,18). The van der Waals surface area contributed by atoms with E-state index in [-0.39, 0.29) is 50.0 Å². The molecule has 0 bridgehead atoms. The molecule has 1 saturated heterocycles. The molecule has 7 nitrogen and oxygen atoms in total. The lowest BCUT2D eigenvalue weighted by Crippen LogP contribution is -2.47. The van der Waals surface area contributed by atoms with Gasteiger partial charge in [0.1, 0.15) is 11.6 Å².